The Morgan fingerprint density at radius 1 is 1.29 bits per heavy atom. The number of benzene rings is 2. The number of ether oxygens (including phenoxy) is 1. The van der Waals surface area contributed by atoms with E-state index in [-0.39, 0.29) is 5.57 Å². The van der Waals surface area contributed by atoms with Crippen molar-refractivity contribution in [3.63, 3.8) is 0 Å². The molecule has 2 rings (SSSR count). The predicted octanol–water partition coefficient (Wildman–Crippen LogP) is 4.20. The summed E-state index contributed by atoms with van der Waals surface area (Å²) < 4.78 is 5.48. The van der Waals surface area contributed by atoms with Crippen LogP contribution in [0.4, 0.5) is 11.4 Å². The summed E-state index contributed by atoms with van der Waals surface area (Å²) in [4.78, 5) is 12.2. The highest BCUT2D eigenvalue weighted by Crippen LogP contribution is 2.24. The Morgan fingerprint density at radius 2 is 2.08 bits per heavy atom. The summed E-state index contributed by atoms with van der Waals surface area (Å²) in [6, 6.07) is 15.9. The molecule has 0 unspecified atom stereocenters. The topological polar surface area (TPSA) is 74.1 Å². The smallest absolute Gasteiger partial charge is 0.267 e. The average molecular weight is 342 g/mol. The lowest BCUT2D eigenvalue weighted by Crippen LogP contribution is -2.14. The molecular formula is C18H16ClN3O2. The van der Waals surface area contributed by atoms with Crippen LogP contribution in [-0.4, -0.2) is 12.5 Å². The van der Waals surface area contributed by atoms with Gasteiger partial charge >= 0.3 is 0 Å². The van der Waals surface area contributed by atoms with Crippen molar-refractivity contribution >= 4 is 28.9 Å². The lowest BCUT2D eigenvalue weighted by Gasteiger charge is -2.10. The number of carbonyl (C=O) groups is 1. The molecule has 0 heterocycles. The molecule has 2 N–H and O–H groups in total. The van der Waals surface area contributed by atoms with Gasteiger partial charge in [0.1, 0.15) is 17.4 Å². The van der Waals surface area contributed by atoms with Gasteiger partial charge in [-0.3, -0.25) is 4.79 Å². The summed E-state index contributed by atoms with van der Waals surface area (Å²) in [5.74, 6) is 0.116. The lowest BCUT2D eigenvalue weighted by atomic mass is 10.2. The van der Waals surface area contributed by atoms with Crippen molar-refractivity contribution < 1.29 is 9.53 Å². The molecule has 0 radical (unpaired) electrons. The molecule has 0 saturated carbocycles. The van der Waals surface area contributed by atoms with Gasteiger partial charge in [0.05, 0.1) is 12.3 Å². The number of nitrogens with zero attached hydrogens (tertiary/aromatic N) is 1. The number of hydrogen-bond acceptors (Lipinski definition) is 4. The largest absolute Gasteiger partial charge is 0.492 e. The zero-order valence-corrected chi connectivity index (χ0v) is 13.8. The molecule has 0 bridgehead atoms. The summed E-state index contributed by atoms with van der Waals surface area (Å²) >= 11 is 5.87. The van der Waals surface area contributed by atoms with Gasteiger partial charge in [0.15, 0.2) is 0 Å². The minimum Gasteiger partial charge on any atom is -0.492 e. The Balaban J connectivity index is 2.12. The van der Waals surface area contributed by atoms with Crippen molar-refractivity contribution in [1.82, 2.24) is 0 Å². The van der Waals surface area contributed by atoms with Gasteiger partial charge < -0.3 is 15.4 Å². The predicted molar refractivity (Wildman–Crippen MR) is 95.0 cm³/mol. The van der Waals surface area contributed by atoms with Crippen LogP contribution in [0.15, 0.2) is 60.3 Å². The van der Waals surface area contributed by atoms with Crippen LogP contribution in [0.1, 0.15) is 6.92 Å². The van der Waals surface area contributed by atoms with Crippen LogP contribution in [0.3, 0.4) is 0 Å². The van der Waals surface area contributed by atoms with Crippen molar-refractivity contribution in [2.75, 3.05) is 17.2 Å². The van der Waals surface area contributed by atoms with E-state index in [1.54, 1.807) is 36.4 Å². The van der Waals surface area contributed by atoms with Crippen LogP contribution in [0, 0.1) is 11.3 Å². The van der Waals surface area contributed by atoms with Gasteiger partial charge in [-0.15, -0.1) is 0 Å². The van der Waals surface area contributed by atoms with Crippen LogP contribution in [0.5, 0.6) is 5.75 Å². The minimum absolute atomic E-state index is 0.0683. The van der Waals surface area contributed by atoms with E-state index in [1.807, 2.05) is 25.1 Å². The maximum atomic E-state index is 12.2. The Morgan fingerprint density at radius 3 is 2.79 bits per heavy atom. The molecule has 0 spiro atoms. The Labute approximate surface area is 145 Å². The third kappa shape index (κ3) is 4.77. The van der Waals surface area contributed by atoms with Gasteiger partial charge in [0.2, 0.25) is 0 Å². The third-order valence-electron chi connectivity index (χ3n) is 3.01. The van der Waals surface area contributed by atoms with Gasteiger partial charge in [0.25, 0.3) is 5.91 Å². The Bertz CT molecular complexity index is 797. The first-order chi connectivity index (χ1) is 11.6. The Hall–Kier alpha value is -2.97. The van der Waals surface area contributed by atoms with Crippen LogP contribution in [0.2, 0.25) is 5.02 Å². The summed E-state index contributed by atoms with van der Waals surface area (Å²) in [6.45, 7) is 2.40. The van der Waals surface area contributed by atoms with E-state index in [0.717, 1.165) is 0 Å². The molecule has 0 atom stereocenters. The summed E-state index contributed by atoms with van der Waals surface area (Å²) in [5, 5.41) is 15.3. The van der Waals surface area contributed by atoms with Crippen molar-refractivity contribution in [3.8, 4) is 11.8 Å². The second kappa shape index (κ2) is 8.61. The molecule has 0 aliphatic rings. The number of nitrogens with one attached hydrogen (secondary N) is 2. The van der Waals surface area contributed by atoms with E-state index in [4.69, 9.17) is 16.3 Å². The van der Waals surface area contributed by atoms with Gasteiger partial charge in [-0.05, 0) is 37.3 Å². The first-order valence-electron chi connectivity index (χ1n) is 7.29. The summed E-state index contributed by atoms with van der Waals surface area (Å²) in [7, 11) is 0. The summed E-state index contributed by atoms with van der Waals surface area (Å²) in [5.41, 5.74) is 1.12. The fourth-order valence-electron chi connectivity index (χ4n) is 1.93. The standard InChI is InChI=1S/C18H16ClN3O2/c1-2-24-17-9-4-3-8-16(17)21-12-13(11-20)18(23)22-15-7-5-6-14(19)10-15/h3-10,12,21H,2H2,1H3,(H,22,23)/b13-12-. The van der Waals surface area contributed by atoms with E-state index in [0.29, 0.717) is 28.8 Å². The first-order valence-corrected chi connectivity index (χ1v) is 7.67. The zero-order valence-electron chi connectivity index (χ0n) is 13.0. The number of carbonyl (C=O) groups excluding carboxylic acids is 1. The fraction of sp³-hybridized carbons (Fsp3) is 0.111. The highest BCUT2D eigenvalue weighted by Gasteiger charge is 2.10. The quantitative estimate of drug-likeness (QED) is 0.610. The van der Waals surface area contributed by atoms with Crippen molar-refractivity contribution in [3.05, 3.63) is 65.3 Å². The van der Waals surface area contributed by atoms with Crippen LogP contribution < -0.4 is 15.4 Å². The molecule has 2 aromatic rings. The number of halogens is 1. The summed E-state index contributed by atoms with van der Waals surface area (Å²) in [6.07, 6.45) is 1.34. The molecule has 5 nitrogen and oxygen atoms in total. The minimum atomic E-state index is -0.527. The monoisotopic (exact) mass is 341 g/mol. The maximum absolute atomic E-state index is 12.2. The third-order valence-corrected chi connectivity index (χ3v) is 3.24. The maximum Gasteiger partial charge on any atom is 0.267 e. The van der Waals surface area contributed by atoms with Crippen molar-refractivity contribution in [2.45, 2.75) is 6.92 Å². The van der Waals surface area contributed by atoms with E-state index >= 15 is 0 Å². The molecule has 0 aromatic heterocycles. The highest BCUT2D eigenvalue weighted by atomic mass is 35.5. The molecule has 0 saturated heterocycles. The molecule has 0 aliphatic heterocycles. The van der Waals surface area contributed by atoms with E-state index in [9.17, 15) is 10.1 Å². The normalized spacial score (nSPS) is 10.6. The van der Waals surface area contributed by atoms with Crippen molar-refractivity contribution in [2.24, 2.45) is 0 Å². The van der Waals surface area contributed by atoms with Gasteiger partial charge in [-0.1, -0.05) is 29.8 Å². The fourth-order valence-corrected chi connectivity index (χ4v) is 2.12. The van der Waals surface area contributed by atoms with Crippen molar-refractivity contribution in [1.29, 1.82) is 5.26 Å². The molecule has 0 fully saturated rings. The molecule has 1 amide bonds. The number of hydrogen-bond donors (Lipinski definition) is 2. The molecule has 6 heteroatoms. The van der Waals surface area contributed by atoms with E-state index in [1.165, 1.54) is 6.20 Å². The van der Waals surface area contributed by atoms with Crippen LogP contribution in [0.25, 0.3) is 0 Å². The average Bonchev–Trinajstić information content (AvgIpc) is 2.57. The van der Waals surface area contributed by atoms with Gasteiger partial charge in [-0.25, -0.2) is 0 Å². The van der Waals surface area contributed by atoms with E-state index in [2.05, 4.69) is 10.6 Å². The number of para-hydroxylation sites is 2. The zero-order chi connectivity index (χ0) is 17.4. The number of anilines is 2. The SMILES string of the molecule is CCOc1ccccc1N/C=C(/C#N)C(=O)Nc1cccc(Cl)c1. The molecular weight excluding hydrogens is 326 g/mol. The highest BCUT2D eigenvalue weighted by molar-refractivity contribution is 6.31. The molecule has 24 heavy (non-hydrogen) atoms. The first kappa shape index (κ1) is 17.4. The van der Waals surface area contributed by atoms with E-state index < -0.39 is 5.91 Å². The second-order valence-corrected chi connectivity index (χ2v) is 5.14. The number of amides is 1. The Kier molecular flexibility index (Phi) is 6.23. The molecule has 2 aromatic carbocycles. The van der Waals surface area contributed by atoms with Gasteiger partial charge in [0, 0.05) is 16.9 Å². The lowest BCUT2D eigenvalue weighted by molar-refractivity contribution is -0.112. The number of rotatable bonds is 6. The molecule has 122 valence electrons. The van der Waals surface area contributed by atoms with Crippen LogP contribution in [-0.2, 0) is 4.79 Å². The van der Waals surface area contributed by atoms with Gasteiger partial charge in [-0.2, -0.15) is 5.26 Å². The number of nitriles is 1. The molecule has 0 aliphatic carbocycles. The second-order valence-electron chi connectivity index (χ2n) is 4.71. The van der Waals surface area contributed by atoms with Crippen LogP contribution >= 0.6 is 11.6 Å².